The normalized spacial score (nSPS) is 17.6. The smallest absolute Gasteiger partial charge is 0.300 e. The van der Waals surface area contributed by atoms with Gasteiger partial charge in [0.2, 0.25) is 10.0 Å². The van der Waals surface area contributed by atoms with Gasteiger partial charge in [-0.05, 0) is 61.0 Å². The highest BCUT2D eigenvalue weighted by atomic mass is 35.5. The second-order valence-corrected chi connectivity index (χ2v) is 9.54. The number of carbonyl (C=O) groups is 2. The van der Waals surface area contributed by atoms with E-state index >= 15 is 0 Å². The Bertz CT molecular complexity index is 1440. The van der Waals surface area contributed by atoms with E-state index in [0.717, 1.165) is 4.90 Å². The molecule has 1 aliphatic rings. The molecule has 1 saturated heterocycles. The van der Waals surface area contributed by atoms with Crippen LogP contribution in [0.5, 0.6) is 5.75 Å². The fraction of sp³-hybridized carbons (Fsp3) is 0.125. The Labute approximate surface area is 206 Å². The van der Waals surface area contributed by atoms with Gasteiger partial charge in [0.05, 0.1) is 28.1 Å². The molecule has 35 heavy (non-hydrogen) atoms. The third-order valence-electron chi connectivity index (χ3n) is 5.39. The van der Waals surface area contributed by atoms with Crippen LogP contribution in [0.1, 0.15) is 24.1 Å². The molecule has 9 nitrogen and oxygen atoms in total. The summed E-state index contributed by atoms with van der Waals surface area (Å²) in [5.41, 5.74) is 0.588. The highest BCUT2D eigenvalue weighted by Crippen LogP contribution is 2.43. The maximum absolute atomic E-state index is 13.2. The quantitative estimate of drug-likeness (QED) is 0.292. The Balaban J connectivity index is 1.92. The average molecular weight is 514 g/mol. The number of anilines is 1. The number of pyridine rings is 1. The predicted octanol–water partition coefficient (Wildman–Crippen LogP) is 3.41. The van der Waals surface area contributed by atoms with Gasteiger partial charge < -0.3 is 9.84 Å². The highest BCUT2D eigenvalue weighted by molar-refractivity contribution is 7.89. The summed E-state index contributed by atoms with van der Waals surface area (Å²) in [6, 6.07) is 12.0. The molecule has 0 aliphatic carbocycles. The van der Waals surface area contributed by atoms with Crippen molar-refractivity contribution in [1.82, 2.24) is 4.98 Å². The van der Waals surface area contributed by atoms with Crippen molar-refractivity contribution in [2.24, 2.45) is 5.14 Å². The summed E-state index contributed by atoms with van der Waals surface area (Å²) < 4.78 is 28.8. The van der Waals surface area contributed by atoms with Gasteiger partial charge in [-0.25, -0.2) is 13.6 Å². The zero-order chi connectivity index (χ0) is 25.3. The average Bonchev–Trinajstić information content (AvgIpc) is 3.10. The van der Waals surface area contributed by atoms with Gasteiger partial charge in [-0.3, -0.25) is 19.5 Å². The van der Waals surface area contributed by atoms with Gasteiger partial charge in [0, 0.05) is 23.6 Å². The minimum Gasteiger partial charge on any atom is -0.507 e. The summed E-state index contributed by atoms with van der Waals surface area (Å²) in [7, 11) is -3.96. The van der Waals surface area contributed by atoms with Crippen LogP contribution in [0.15, 0.2) is 77.5 Å². The van der Waals surface area contributed by atoms with Crippen molar-refractivity contribution in [3.8, 4) is 5.75 Å². The molecule has 0 spiro atoms. The second kappa shape index (κ2) is 9.49. The van der Waals surface area contributed by atoms with Crippen LogP contribution < -0.4 is 14.8 Å². The van der Waals surface area contributed by atoms with Crippen molar-refractivity contribution >= 4 is 44.8 Å². The summed E-state index contributed by atoms with van der Waals surface area (Å²) in [5, 5.41) is 16.6. The summed E-state index contributed by atoms with van der Waals surface area (Å²) >= 11 is 6.32. The van der Waals surface area contributed by atoms with Crippen molar-refractivity contribution in [2.45, 2.75) is 17.9 Å². The summed E-state index contributed by atoms with van der Waals surface area (Å²) in [5.74, 6) is -1.91. The molecule has 180 valence electrons. The van der Waals surface area contributed by atoms with Crippen molar-refractivity contribution in [3.05, 3.63) is 88.7 Å². The minimum atomic E-state index is -3.96. The minimum absolute atomic E-state index is 0.120. The Morgan fingerprint density at radius 1 is 1.17 bits per heavy atom. The van der Waals surface area contributed by atoms with Crippen LogP contribution in [-0.2, 0) is 19.6 Å². The van der Waals surface area contributed by atoms with Crippen LogP contribution in [0.25, 0.3) is 5.76 Å². The van der Waals surface area contributed by atoms with Gasteiger partial charge in [0.1, 0.15) is 11.5 Å². The monoisotopic (exact) mass is 513 g/mol. The number of halogens is 1. The second-order valence-electron chi connectivity index (χ2n) is 7.57. The number of amides is 1. The van der Waals surface area contributed by atoms with Gasteiger partial charge in [-0.15, -0.1) is 0 Å². The van der Waals surface area contributed by atoms with Crippen molar-refractivity contribution in [1.29, 1.82) is 0 Å². The summed E-state index contributed by atoms with van der Waals surface area (Å²) in [4.78, 5) is 31.5. The van der Waals surface area contributed by atoms with Crippen LogP contribution in [0.2, 0.25) is 5.02 Å². The van der Waals surface area contributed by atoms with E-state index in [1.54, 1.807) is 25.1 Å². The molecule has 1 aliphatic heterocycles. The predicted molar refractivity (Wildman–Crippen MR) is 129 cm³/mol. The van der Waals surface area contributed by atoms with E-state index in [0.29, 0.717) is 17.9 Å². The molecule has 0 radical (unpaired) electrons. The zero-order valence-electron chi connectivity index (χ0n) is 18.4. The number of hydrogen-bond acceptors (Lipinski definition) is 7. The first-order chi connectivity index (χ1) is 16.6. The topological polar surface area (TPSA) is 140 Å². The number of rotatable bonds is 6. The van der Waals surface area contributed by atoms with Crippen LogP contribution in [0, 0.1) is 0 Å². The van der Waals surface area contributed by atoms with E-state index in [4.69, 9.17) is 21.5 Å². The molecule has 4 rings (SSSR count). The summed E-state index contributed by atoms with van der Waals surface area (Å²) in [6.45, 7) is 2.17. The van der Waals surface area contributed by atoms with Crippen LogP contribution in [0.4, 0.5) is 5.69 Å². The Morgan fingerprint density at radius 2 is 1.89 bits per heavy atom. The number of primary sulfonamides is 1. The van der Waals surface area contributed by atoms with E-state index in [-0.39, 0.29) is 26.7 Å². The van der Waals surface area contributed by atoms with Crippen molar-refractivity contribution in [3.63, 3.8) is 0 Å². The number of Topliss-reactive ketones (excluding diaryl/α,β-unsaturated/α-hetero) is 1. The molecule has 1 atom stereocenters. The number of nitrogens with two attached hydrogens (primary N) is 1. The lowest BCUT2D eigenvalue weighted by molar-refractivity contribution is -0.132. The maximum Gasteiger partial charge on any atom is 0.300 e. The van der Waals surface area contributed by atoms with Crippen LogP contribution in [0.3, 0.4) is 0 Å². The Kier molecular flexibility index (Phi) is 6.62. The number of aliphatic hydroxyl groups excluding tert-OH is 1. The molecule has 2 heterocycles. The highest BCUT2D eigenvalue weighted by Gasteiger charge is 2.47. The SMILES string of the molecule is CCOc1ccc(Cl)c(/C(O)=C2\C(=O)C(=O)N(c3ccc(S(N)(=O)=O)cc3)C2c2cccnc2)c1. The van der Waals surface area contributed by atoms with E-state index in [9.17, 15) is 23.1 Å². The van der Waals surface area contributed by atoms with Crippen molar-refractivity contribution in [2.75, 3.05) is 11.5 Å². The van der Waals surface area contributed by atoms with Gasteiger partial charge in [-0.2, -0.15) is 0 Å². The van der Waals surface area contributed by atoms with E-state index in [2.05, 4.69) is 4.98 Å². The van der Waals surface area contributed by atoms with E-state index in [1.165, 1.54) is 48.8 Å². The fourth-order valence-corrected chi connectivity index (χ4v) is 4.56. The summed E-state index contributed by atoms with van der Waals surface area (Å²) in [6.07, 6.45) is 2.99. The van der Waals surface area contributed by atoms with E-state index < -0.39 is 33.5 Å². The third kappa shape index (κ3) is 4.63. The fourth-order valence-electron chi connectivity index (χ4n) is 3.84. The number of aromatic nitrogens is 1. The molecule has 1 amide bonds. The zero-order valence-corrected chi connectivity index (χ0v) is 20.0. The molecule has 1 fully saturated rings. The number of sulfonamides is 1. The van der Waals surface area contributed by atoms with Gasteiger partial charge >= 0.3 is 0 Å². The lowest BCUT2D eigenvalue weighted by Crippen LogP contribution is -2.29. The standard InChI is InChI=1S/C24H20ClN3O6S/c1-2-34-16-7-10-19(25)18(12-16)22(29)20-21(14-4-3-11-27-13-14)28(24(31)23(20)30)15-5-8-17(9-6-15)35(26,32)33/h3-13,21,29H,2H2,1H3,(H2,26,32,33)/b22-20+. The maximum atomic E-state index is 13.2. The lowest BCUT2D eigenvalue weighted by Gasteiger charge is -2.25. The molecular formula is C24H20ClN3O6S. The molecule has 2 aromatic carbocycles. The first-order valence-corrected chi connectivity index (χ1v) is 12.3. The first kappa shape index (κ1) is 24.4. The lowest BCUT2D eigenvalue weighted by atomic mass is 9.96. The van der Waals surface area contributed by atoms with Crippen LogP contribution in [-0.4, -0.2) is 36.8 Å². The largest absolute Gasteiger partial charge is 0.507 e. The molecule has 3 N–H and O–H groups in total. The number of nitrogens with zero attached hydrogens (tertiary/aromatic N) is 2. The number of aliphatic hydroxyl groups is 1. The third-order valence-corrected chi connectivity index (χ3v) is 6.65. The molecule has 1 unspecified atom stereocenters. The molecule has 1 aromatic heterocycles. The molecule has 11 heteroatoms. The van der Waals surface area contributed by atoms with Gasteiger partial charge in [0.25, 0.3) is 11.7 Å². The number of carbonyl (C=O) groups excluding carboxylic acids is 2. The number of ether oxygens (including phenoxy) is 1. The number of benzene rings is 2. The Hall–Kier alpha value is -3.73. The molecule has 0 saturated carbocycles. The number of hydrogen-bond donors (Lipinski definition) is 2. The Morgan fingerprint density at radius 3 is 2.49 bits per heavy atom. The van der Waals surface area contributed by atoms with Crippen molar-refractivity contribution < 1.29 is 27.9 Å². The van der Waals surface area contributed by atoms with Gasteiger partial charge in [-0.1, -0.05) is 17.7 Å². The van der Waals surface area contributed by atoms with E-state index in [1.807, 2.05) is 0 Å². The van der Waals surface area contributed by atoms with Gasteiger partial charge in [0.15, 0.2) is 0 Å². The van der Waals surface area contributed by atoms with Crippen LogP contribution >= 0.6 is 11.6 Å². The molecular weight excluding hydrogens is 494 g/mol. The molecule has 3 aromatic rings. The number of ketones is 1. The molecule has 0 bridgehead atoms. The first-order valence-electron chi connectivity index (χ1n) is 10.4.